The number of anilines is 1. The van der Waals surface area contributed by atoms with Crippen LogP contribution < -0.4 is 14.4 Å². The van der Waals surface area contributed by atoms with E-state index in [0.29, 0.717) is 13.2 Å². The van der Waals surface area contributed by atoms with E-state index in [2.05, 4.69) is 14.6 Å². The summed E-state index contributed by atoms with van der Waals surface area (Å²) in [6.45, 7) is 5.92. The van der Waals surface area contributed by atoms with Crippen molar-refractivity contribution in [3.63, 3.8) is 0 Å². The molecule has 1 unspecified atom stereocenters. The van der Waals surface area contributed by atoms with Crippen molar-refractivity contribution < 1.29 is 13.2 Å². The number of benzene rings is 1. The van der Waals surface area contributed by atoms with Gasteiger partial charge in [-0.1, -0.05) is 13.0 Å². The maximum Gasteiger partial charge on any atom is 0.240 e. The summed E-state index contributed by atoms with van der Waals surface area (Å²) >= 11 is 0. The van der Waals surface area contributed by atoms with Crippen molar-refractivity contribution >= 4 is 15.8 Å². The summed E-state index contributed by atoms with van der Waals surface area (Å²) in [5.74, 6) is 1.61. The molecule has 0 saturated carbocycles. The summed E-state index contributed by atoms with van der Waals surface area (Å²) in [4.78, 5) is 6.70. The molecular formula is C19H25N3O3S. The minimum absolute atomic E-state index is 0.127. The first kappa shape index (κ1) is 18.7. The number of hydrogen-bond donors (Lipinski definition) is 1. The molecule has 1 atom stereocenters. The van der Waals surface area contributed by atoms with Crippen LogP contribution in [0.4, 0.5) is 5.82 Å². The van der Waals surface area contributed by atoms with Crippen LogP contribution in [0.25, 0.3) is 0 Å². The predicted octanol–water partition coefficient (Wildman–Crippen LogP) is 2.74. The number of ether oxygens (including phenoxy) is 1. The molecule has 2 heterocycles. The molecule has 1 aromatic carbocycles. The van der Waals surface area contributed by atoms with E-state index in [-0.39, 0.29) is 10.9 Å². The van der Waals surface area contributed by atoms with E-state index < -0.39 is 10.0 Å². The number of aryl methyl sites for hydroxylation is 1. The lowest BCUT2D eigenvalue weighted by Gasteiger charge is -2.18. The number of aromatic nitrogens is 1. The highest BCUT2D eigenvalue weighted by atomic mass is 32.2. The van der Waals surface area contributed by atoms with E-state index in [1.807, 2.05) is 32.0 Å². The normalized spacial score (nSPS) is 17.5. The third kappa shape index (κ3) is 4.34. The molecule has 140 valence electrons. The molecule has 0 aliphatic carbocycles. The lowest BCUT2D eigenvalue weighted by atomic mass is 10.2. The Morgan fingerprint density at radius 2 is 2.15 bits per heavy atom. The van der Waals surface area contributed by atoms with Gasteiger partial charge in [-0.05, 0) is 55.7 Å². The summed E-state index contributed by atoms with van der Waals surface area (Å²) in [6.07, 6.45) is 3.42. The molecule has 0 spiro atoms. The van der Waals surface area contributed by atoms with Crippen molar-refractivity contribution in [3.8, 4) is 5.75 Å². The van der Waals surface area contributed by atoms with Gasteiger partial charge in [0, 0.05) is 25.3 Å². The van der Waals surface area contributed by atoms with Gasteiger partial charge in [-0.15, -0.1) is 0 Å². The highest BCUT2D eigenvalue weighted by Crippen LogP contribution is 2.23. The van der Waals surface area contributed by atoms with Gasteiger partial charge in [0.05, 0.1) is 11.5 Å². The maximum absolute atomic E-state index is 12.7. The molecule has 0 amide bonds. The van der Waals surface area contributed by atoms with Crippen LogP contribution in [0.1, 0.15) is 25.3 Å². The number of nitrogens with one attached hydrogen (secondary N) is 1. The van der Waals surface area contributed by atoms with E-state index >= 15 is 0 Å². The Kier molecular flexibility index (Phi) is 5.78. The smallest absolute Gasteiger partial charge is 0.240 e. The van der Waals surface area contributed by atoms with E-state index in [4.69, 9.17) is 4.74 Å². The maximum atomic E-state index is 12.7. The fraction of sp³-hybridized carbons (Fsp3) is 0.421. The SMILES string of the molecule is CCCOc1ccc(S(=O)(=O)NC2CCN(c3ccccn3)C2)cc1C. The van der Waals surface area contributed by atoms with Gasteiger partial charge in [-0.3, -0.25) is 0 Å². The number of rotatable bonds is 7. The van der Waals surface area contributed by atoms with Crippen molar-refractivity contribution in [2.24, 2.45) is 0 Å². The molecule has 2 aromatic rings. The van der Waals surface area contributed by atoms with Crippen molar-refractivity contribution in [1.82, 2.24) is 9.71 Å². The van der Waals surface area contributed by atoms with Gasteiger partial charge in [0.25, 0.3) is 0 Å². The lowest BCUT2D eigenvalue weighted by molar-refractivity contribution is 0.315. The average Bonchev–Trinajstić information content (AvgIpc) is 3.09. The Labute approximate surface area is 155 Å². The molecule has 26 heavy (non-hydrogen) atoms. The third-order valence-corrected chi connectivity index (χ3v) is 5.92. The zero-order valence-corrected chi connectivity index (χ0v) is 16.0. The Balaban J connectivity index is 1.67. The number of sulfonamides is 1. The Morgan fingerprint density at radius 1 is 1.31 bits per heavy atom. The molecule has 1 fully saturated rings. The quantitative estimate of drug-likeness (QED) is 0.806. The van der Waals surface area contributed by atoms with Crippen LogP contribution in [0.3, 0.4) is 0 Å². The van der Waals surface area contributed by atoms with Crippen molar-refractivity contribution in [3.05, 3.63) is 48.2 Å². The van der Waals surface area contributed by atoms with Gasteiger partial charge >= 0.3 is 0 Å². The first-order valence-electron chi connectivity index (χ1n) is 8.91. The van der Waals surface area contributed by atoms with E-state index in [9.17, 15) is 8.42 Å². The Bertz CT molecular complexity index is 840. The highest BCUT2D eigenvalue weighted by Gasteiger charge is 2.28. The second-order valence-corrected chi connectivity index (χ2v) is 8.23. The van der Waals surface area contributed by atoms with E-state index in [1.54, 1.807) is 24.4 Å². The zero-order chi connectivity index (χ0) is 18.6. The molecule has 1 aliphatic heterocycles. The largest absolute Gasteiger partial charge is 0.493 e. The van der Waals surface area contributed by atoms with Gasteiger partial charge in [0.15, 0.2) is 0 Å². The van der Waals surface area contributed by atoms with Crippen LogP contribution in [0.2, 0.25) is 0 Å². The van der Waals surface area contributed by atoms with Crippen molar-refractivity contribution in [2.75, 3.05) is 24.6 Å². The molecule has 6 nitrogen and oxygen atoms in total. The first-order valence-corrected chi connectivity index (χ1v) is 10.4. The molecule has 3 rings (SSSR count). The van der Waals surface area contributed by atoms with Gasteiger partial charge < -0.3 is 9.64 Å². The average molecular weight is 375 g/mol. The predicted molar refractivity (Wildman–Crippen MR) is 102 cm³/mol. The number of hydrogen-bond acceptors (Lipinski definition) is 5. The second-order valence-electron chi connectivity index (χ2n) is 6.52. The molecule has 7 heteroatoms. The van der Waals surface area contributed by atoms with E-state index in [1.165, 1.54) is 0 Å². The van der Waals surface area contributed by atoms with Crippen molar-refractivity contribution in [2.45, 2.75) is 37.6 Å². The minimum atomic E-state index is -3.56. The van der Waals surface area contributed by atoms with Crippen LogP contribution >= 0.6 is 0 Å². The molecule has 0 radical (unpaired) electrons. The number of nitrogens with zero attached hydrogens (tertiary/aromatic N) is 2. The van der Waals surface area contributed by atoms with E-state index in [0.717, 1.165) is 36.5 Å². The molecular weight excluding hydrogens is 350 g/mol. The summed E-state index contributed by atoms with van der Waals surface area (Å²) in [7, 11) is -3.56. The van der Waals surface area contributed by atoms with Crippen molar-refractivity contribution in [1.29, 1.82) is 0 Å². The Hall–Kier alpha value is -2.12. The zero-order valence-electron chi connectivity index (χ0n) is 15.2. The molecule has 1 aliphatic rings. The van der Waals surface area contributed by atoms with Gasteiger partial charge in [0.1, 0.15) is 11.6 Å². The van der Waals surface area contributed by atoms with Crippen LogP contribution in [0, 0.1) is 6.92 Å². The molecule has 1 saturated heterocycles. The van der Waals surface area contributed by atoms with Gasteiger partial charge in [-0.2, -0.15) is 0 Å². The van der Waals surface area contributed by atoms with Crippen LogP contribution in [0.15, 0.2) is 47.5 Å². The molecule has 0 bridgehead atoms. The monoisotopic (exact) mass is 375 g/mol. The Morgan fingerprint density at radius 3 is 2.85 bits per heavy atom. The van der Waals surface area contributed by atoms with Crippen LogP contribution in [0.5, 0.6) is 5.75 Å². The fourth-order valence-corrected chi connectivity index (χ4v) is 4.40. The molecule has 1 aromatic heterocycles. The molecule has 1 N–H and O–H groups in total. The minimum Gasteiger partial charge on any atom is -0.493 e. The number of pyridine rings is 1. The van der Waals surface area contributed by atoms with Crippen LogP contribution in [-0.4, -0.2) is 39.1 Å². The summed E-state index contributed by atoms with van der Waals surface area (Å²) in [5.41, 5.74) is 0.822. The van der Waals surface area contributed by atoms with Gasteiger partial charge in [0.2, 0.25) is 10.0 Å². The first-order chi connectivity index (χ1) is 12.5. The topological polar surface area (TPSA) is 71.5 Å². The highest BCUT2D eigenvalue weighted by molar-refractivity contribution is 7.89. The summed E-state index contributed by atoms with van der Waals surface area (Å²) in [5, 5.41) is 0. The summed E-state index contributed by atoms with van der Waals surface area (Å²) in [6, 6.07) is 10.6. The summed E-state index contributed by atoms with van der Waals surface area (Å²) < 4.78 is 33.9. The lowest BCUT2D eigenvalue weighted by Crippen LogP contribution is -2.37. The van der Waals surface area contributed by atoms with Crippen LogP contribution in [-0.2, 0) is 10.0 Å². The third-order valence-electron chi connectivity index (χ3n) is 4.40. The standard InChI is InChI=1S/C19H25N3O3S/c1-3-12-25-18-8-7-17(13-15(18)2)26(23,24)21-16-9-11-22(14-16)19-6-4-5-10-20-19/h4-8,10,13,16,21H,3,9,11-12,14H2,1-2H3. The fourth-order valence-electron chi connectivity index (χ4n) is 3.06. The van der Waals surface area contributed by atoms with Gasteiger partial charge in [-0.25, -0.2) is 18.1 Å². The second kappa shape index (κ2) is 8.05.